The number of fused-ring (bicyclic) bond motifs is 1. The molecule has 0 radical (unpaired) electrons. The Labute approximate surface area is 151 Å². The molecule has 5 nitrogen and oxygen atoms in total. The number of furan rings is 1. The highest BCUT2D eigenvalue weighted by atomic mass is 16.6. The van der Waals surface area contributed by atoms with Crippen LogP contribution in [0.2, 0.25) is 0 Å². The van der Waals surface area contributed by atoms with Crippen LogP contribution in [0.15, 0.2) is 71.3 Å². The molecule has 132 valence electrons. The molecule has 5 heteroatoms. The van der Waals surface area contributed by atoms with Gasteiger partial charge in [0.05, 0.1) is 12.8 Å². The van der Waals surface area contributed by atoms with Gasteiger partial charge in [-0.3, -0.25) is 4.79 Å². The summed E-state index contributed by atoms with van der Waals surface area (Å²) in [5, 5.41) is 0. The Morgan fingerprint density at radius 1 is 0.885 bits per heavy atom. The number of ether oxygens (including phenoxy) is 2. The highest BCUT2D eigenvalue weighted by Crippen LogP contribution is 2.31. The maximum Gasteiger partial charge on any atom is 0.254 e. The number of benzene rings is 2. The van der Waals surface area contributed by atoms with Crippen molar-refractivity contribution < 1.29 is 18.7 Å². The monoisotopic (exact) mass is 349 g/mol. The molecule has 0 unspecified atom stereocenters. The quantitative estimate of drug-likeness (QED) is 0.701. The van der Waals surface area contributed by atoms with Gasteiger partial charge in [-0.15, -0.1) is 0 Å². The van der Waals surface area contributed by atoms with Gasteiger partial charge in [0.25, 0.3) is 5.91 Å². The zero-order chi connectivity index (χ0) is 17.8. The summed E-state index contributed by atoms with van der Waals surface area (Å²) in [5.41, 5.74) is 1.63. The summed E-state index contributed by atoms with van der Waals surface area (Å²) in [6.07, 6.45) is 1.62. The summed E-state index contributed by atoms with van der Waals surface area (Å²) < 4.78 is 16.6. The van der Waals surface area contributed by atoms with E-state index in [-0.39, 0.29) is 5.91 Å². The Balaban J connectivity index is 1.60. The van der Waals surface area contributed by atoms with E-state index in [1.807, 2.05) is 42.5 Å². The third kappa shape index (κ3) is 3.57. The van der Waals surface area contributed by atoms with Gasteiger partial charge < -0.3 is 18.8 Å². The summed E-state index contributed by atoms with van der Waals surface area (Å²) in [5.74, 6) is 1.95. The van der Waals surface area contributed by atoms with E-state index in [2.05, 4.69) is 0 Å². The minimum atomic E-state index is -0.0813. The Morgan fingerprint density at radius 2 is 1.69 bits per heavy atom. The van der Waals surface area contributed by atoms with Crippen molar-refractivity contribution in [1.29, 1.82) is 0 Å². The SMILES string of the molecule is O=C(c1ccc2c(c1)OCCO2)N(Cc1ccccc1)Cc1ccco1. The van der Waals surface area contributed by atoms with Crippen LogP contribution in [-0.4, -0.2) is 24.0 Å². The fourth-order valence-corrected chi connectivity index (χ4v) is 2.95. The normalized spacial score (nSPS) is 12.6. The molecule has 0 spiro atoms. The van der Waals surface area contributed by atoms with Crippen LogP contribution in [0.1, 0.15) is 21.7 Å². The smallest absolute Gasteiger partial charge is 0.254 e. The lowest BCUT2D eigenvalue weighted by Gasteiger charge is -2.23. The Bertz CT molecular complexity index is 874. The predicted molar refractivity (Wildman–Crippen MR) is 96.2 cm³/mol. The highest BCUT2D eigenvalue weighted by molar-refractivity contribution is 5.94. The molecule has 26 heavy (non-hydrogen) atoms. The zero-order valence-electron chi connectivity index (χ0n) is 14.3. The highest BCUT2D eigenvalue weighted by Gasteiger charge is 2.21. The van der Waals surface area contributed by atoms with Crippen molar-refractivity contribution in [3.63, 3.8) is 0 Å². The van der Waals surface area contributed by atoms with E-state index in [4.69, 9.17) is 13.9 Å². The summed E-state index contributed by atoms with van der Waals surface area (Å²) in [7, 11) is 0. The van der Waals surface area contributed by atoms with Gasteiger partial charge in [0.15, 0.2) is 11.5 Å². The van der Waals surface area contributed by atoms with Crippen LogP contribution in [-0.2, 0) is 13.1 Å². The number of nitrogens with zero attached hydrogens (tertiary/aromatic N) is 1. The molecule has 4 rings (SSSR count). The van der Waals surface area contributed by atoms with Crippen molar-refractivity contribution in [2.75, 3.05) is 13.2 Å². The van der Waals surface area contributed by atoms with Crippen LogP contribution in [0.4, 0.5) is 0 Å². The second-order valence-electron chi connectivity index (χ2n) is 6.08. The van der Waals surface area contributed by atoms with Crippen LogP contribution in [0, 0.1) is 0 Å². The lowest BCUT2D eigenvalue weighted by atomic mass is 10.1. The van der Waals surface area contributed by atoms with Gasteiger partial charge in [0.2, 0.25) is 0 Å². The fraction of sp³-hybridized carbons (Fsp3) is 0.190. The van der Waals surface area contributed by atoms with Crippen molar-refractivity contribution in [3.8, 4) is 11.5 Å². The van der Waals surface area contributed by atoms with E-state index in [1.165, 1.54) is 0 Å². The van der Waals surface area contributed by atoms with Gasteiger partial charge in [0.1, 0.15) is 19.0 Å². The summed E-state index contributed by atoms with van der Waals surface area (Å²) in [6, 6.07) is 18.9. The van der Waals surface area contributed by atoms with Crippen LogP contribution in [0.25, 0.3) is 0 Å². The third-order valence-corrected chi connectivity index (χ3v) is 4.22. The van der Waals surface area contributed by atoms with Crippen LogP contribution in [0.5, 0.6) is 11.5 Å². The fourth-order valence-electron chi connectivity index (χ4n) is 2.95. The molecule has 0 aliphatic carbocycles. The lowest BCUT2D eigenvalue weighted by Crippen LogP contribution is -2.30. The molecular formula is C21H19NO4. The molecule has 1 aromatic heterocycles. The maximum absolute atomic E-state index is 13.1. The van der Waals surface area contributed by atoms with E-state index in [9.17, 15) is 4.79 Å². The molecule has 0 N–H and O–H groups in total. The summed E-state index contributed by atoms with van der Waals surface area (Å²) in [4.78, 5) is 14.9. The first-order chi connectivity index (χ1) is 12.8. The number of carbonyl (C=O) groups is 1. The maximum atomic E-state index is 13.1. The Morgan fingerprint density at radius 3 is 2.46 bits per heavy atom. The van der Waals surface area contributed by atoms with Gasteiger partial charge in [-0.05, 0) is 35.9 Å². The van der Waals surface area contributed by atoms with E-state index in [0.29, 0.717) is 43.4 Å². The van der Waals surface area contributed by atoms with Gasteiger partial charge in [-0.1, -0.05) is 30.3 Å². The predicted octanol–water partition coefficient (Wildman–Crippen LogP) is 3.89. The number of hydrogen-bond acceptors (Lipinski definition) is 4. The minimum Gasteiger partial charge on any atom is -0.486 e. The Kier molecular flexibility index (Phi) is 4.60. The van der Waals surface area contributed by atoms with E-state index in [0.717, 1.165) is 11.3 Å². The first kappa shape index (κ1) is 16.3. The third-order valence-electron chi connectivity index (χ3n) is 4.22. The van der Waals surface area contributed by atoms with Crippen molar-refractivity contribution in [3.05, 3.63) is 83.8 Å². The topological polar surface area (TPSA) is 51.9 Å². The molecule has 2 heterocycles. The number of amides is 1. The molecule has 1 aliphatic rings. The van der Waals surface area contributed by atoms with Crippen molar-refractivity contribution in [2.24, 2.45) is 0 Å². The largest absolute Gasteiger partial charge is 0.486 e. The average Bonchev–Trinajstić information content (AvgIpc) is 3.20. The number of carbonyl (C=O) groups excluding carboxylic acids is 1. The number of rotatable bonds is 5. The van der Waals surface area contributed by atoms with Gasteiger partial charge >= 0.3 is 0 Å². The molecular weight excluding hydrogens is 330 g/mol. The van der Waals surface area contributed by atoms with E-state index >= 15 is 0 Å². The molecule has 1 amide bonds. The standard InChI is InChI=1S/C21H19NO4/c23-21(17-8-9-19-20(13-17)26-12-11-25-19)22(15-18-7-4-10-24-18)14-16-5-2-1-3-6-16/h1-10,13H,11-12,14-15H2. The first-order valence-electron chi connectivity index (χ1n) is 8.55. The zero-order valence-corrected chi connectivity index (χ0v) is 14.3. The van der Waals surface area contributed by atoms with Crippen LogP contribution < -0.4 is 9.47 Å². The van der Waals surface area contributed by atoms with Crippen LogP contribution >= 0.6 is 0 Å². The molecule has 0 atom stereocenters. The number of hydrogen-bond donors (Lipinski definition) is 0. The van der Waals surface area contributed by atoms with E-state index in [1.54, 1.807) is 29.4 Å². The van der Waals surface area contributed by atoms with Gasteiger partial charge in [-0.2, -0.15) is 0 Å². The lowest BCUT2D eigenvalue weighted by molar-refractivity contribution is 0.0716. The molecule has 0 bridgehead atoms. The van der Waals surface area contributed by atoms with Crippen molar-refractivity contribution in [2.45, 2.75) is 13.1 Å². The van der Waals surface area contributed by atoms with Gasteiger partial charge in [0, 0.05) is 12.1 Å². The molecule has 3 aromatic rings. The van der Waals surface area contributed by atoms with E-state index < -0.39 is 0 Å². The minimum absolute atomic E-state index is 0.0813. The molecule has 1 aliphatic heterocycles. The second kappa shape index (κ2) is 7.35. The molecule has 2 aromatic carbocycles. The first-order valence-corrected chi connectivity index (χ1v) is 8.55. The Hall–Kier alpha value is -3.21. The van der Waals surface area contributed by atoms with Crippen LogP contribution in [0.3, 0.4) is 0 Å². The van der Waals surface area contributed by atoms with Gasteiger partial charge in [-0.25, -0.2) is 0 Å². The van der Waals surface area contributed by atoms with Crippen molar-refractivity contribution in [1.82, 2.24) is 4.90 Å². The molecule has 0 saturated carbocycles. The summed E-state index contributed by atoms with van der Waals surface area (Å²) in [6.45, 7) is 1.91. The second-order valence-corrected chi connectivity index (χ2v) is 6.08. The molecule has 0 fully saturated rings. The summed E-state index contributed by atoms with van der Waals surface area (Å²) >= 11 is 0. The molecule has 0 saturated heterocycles. The van der Waals surface area contributed by atoms with Crippen molar-refractivity contribution >= 4 is 5.91 Å². The average molecular weight is 349 g/mol.